The van der Waals surface area contributed by atoms with Crippen LogP contribution in [0.25, 0.3) is 0 Å². The van der Waals surface area contributed by atoms with Crippen molar-refractivity contribution in [1.29, 1.82) is 0 Å². The number of carbonyl (C=O) groups is 1. The van der Waals surface area contributed by atoms with E-state index in [1.54, 1.807) is 18.2 Å². The third-order valence-corrected chi connectivity index (χ3v) is 2.20. The smallest absolute Gasteiger partial charge is 0.248 e. The normalized spacial score (nSPS) is 10.6. The van der Waals surface area contributed by atoms with E-state index in [1.165, 1.54) is 0 Å². The summed E-state index contributed by atoms with van der Waals surface area (Å²) in [6.45, 7) is 2.75. The van der Waals surface area contributed by atoms with Crippen LogP contribution >= 0.6 is 0 Å². The summed E-state index contributed by atoms with van der Waals surface area (Å²) in [5, 5.41) is 3.16. The molecule has 4 nitrogen and oxygen atoms in total. The van der Waals surface area contributed by atoms with Crippen LogP contribution in [0, 0.1) is 0 Å². The number of primary amides is 1. The summed E-state index contributed by atoms with van der Waals surface area (Å²) in [5.74, 6) is -0.448. The van der Waals surface area contributed by atoms with E-state index in [4.69, 9.17) is 11.5 Å². The van der Waals surface area contributed by atoms with E-state index >= 15 is 0 Å². The van der Waals surface area contributed by atoms with Crippen LogP contribution in [0.2, 0.25) is 0 Å². The summed E-state index contributed by atoms with van der Waals surface area (Å²) in [7, 11) is 0. The van der Waals surface area contributed by atoms with Crippen LogP contribution in [0.15, 0.2) is 30.4 Å². The number of carbonyl (C=O) groups excluding carboxylic acids is 1. The minimum Gasteiger partial charge on any atom is -0.397 e. The van der Waals surface area contributed by atoms with E-state index in [-0.39, 0.29) is 0 Å². The maximum atomic E-state index is 11.0. The summed E-state index contributed by atoms with van der Waals surface area (Å²) >= 11 is 0. The molecule has 5 N–H and O–H groups in total. The van der Waals surface area contributed by atoms with Gasteiger partial charge in [0, 0.05) is 12.1 Å². The van der Waals surface area contributed by atoms with Crippen LogP contribution in [0.4, 0.5) is 11.4 Å². The Labute approximate surface area is 95.3 Å². The van der Waals surface area contributed by atoms with E-state index < -0.39 is 5.91 Å². The van der Waals surface area contributed by atoms with Gasteiger partial charge in [0.05, 0.1) is 11.4 Å². The number of nitrogen functional groups attached to an aromatic ring is 1. The Kier molecular flexibility index (Phi) is 4.39. The molecular weight excluding hydrogens is 202 g/mol. The number of anilines is 2. The largest absolute Gasteiger partial charge is 0.397 e. The molecule has 0 unspecified atom stereocenters. The number of benzene rings is 1. The minimum absolute atomic E-state index is 0.448. The molecule has 0 spiro atoms. The van der Waals surface area contributed by atoms with Crippen LogP contribution in [-0.4, -0.2) is 12.5 Å². The first-order valence-electron chi connectivity index (χ1n) is 5.19. The van der Waals surface area contributed by atoms with E-state index in [0.29, 0.717) is 11.3 Å². The minimum atomic E-state index is -0.448. The fraction of sp³-hybridized carbons (Fsp3) is 0.250. The van der Waals surface area contributed by atoms with Crippen molar-refractivity contribution in [3.63, 3.8) is 0 Å². The Morgan fingerprint density at radius 2 is 2.25 bits per heavy atom. The zero-order chi connectivity index (χ0) is 12.0. The molecule has 0 saturated carbocycles. The predicted octanol–water partition coefficient (Wildman–Crippen LogP) is 1.75. The second-order valence-corrected chi connectivity index (χ2v) is 3.45. The van der Waals surface area contributed by atoms with Crippen molar-refractivity contribution >= 4 is 17.3 Å². The molecule has 0 aromatic heterocycles. The molecule has 0 atom stereocenters. The second-order valence-electron chi connectivity index (χ2n) is 3.45. The Morgan fingerprint density at radius 1 is 1.50 bits per heavy atom. The number of nitrogens with two attached hydrogens (primary N) is 2. The van der Waals surface area contributed by atoms with Gasteiger partial charge in [0.1, 0.15) is 0 Å². The Morgan fingerprint density at radius 3 is 2.88 bits per heavy atom. The van der Waals surface area contributed by atoms with E-state index in [1.807, 2.05) is 13.0 Å². The van der Waals surface area contributed by atoms with Gasteiger partial charge in [-0.15, -0.1) is 0 Å². The van der Waals surface area contributed by atoms with Crippen molar-refractivity contribution in [2.45, 2.75) is 13.3 Å². The van der Waals surface area contributed by atoms with Gasteiger partial charge in [-0.05, 0) is 31.5 Å². The van der Waals surface area contributed by atoms with Gasteiger partial charge in [-0.3, -0.25) is 4.79 Å². The van der Waals surface area contributed by atoms with Crippen molar-refractivity contribution in [2.75, 3.05) is 17.6 Å². The SMILES string of the molecule is C/C=C/CCNc1cc(C(N)=O)ccc1N. The van der Waals surface area contributed by atoms with Gasteiger partial charge in [0.2, 0.25) is 5.91 Å². The second kappa shape index (κ2) is 5.80. The maximum absolute atomic E-state index is 11.0. The highest BCUT2D eigenvalue weighted by Gasteiger charge is 2.04. The average Bonchev–Trinajstić information content (AvgIpc) is 2.26. The Bertz CT molecular complexity index is 399. The summed E-state index contributed by atoms with van der Waals surface area (Å²) < 4.78 is 0. The van der Waals surface area contributed by atoms with E-state index in [2.05, 4.69) is 11.4 Å². The lowest BCUT2D eigenvalue weighted by molar-refractivity contribution is 0.100. The number of nitrogens with one attached hydrogen (secondary N) is 1. The molecule has 0 heterocycles. The number of hydrogen-bond donors (Lipinski definition) is 3. The van der Waals surface area contributed by atoms with E-state index in [0.717, 1.165) is 18.7 Å². The van der Waals surface area contributed by atoms with Crippen LogP contribution in [0.3, 0.4) is 0 Å². The van der Waals surface area contributed by atoms with Crippen LogP contribution in [0.1, 0.15) is 23.7 Å². The first-order valence-corrected chi connectivity index (χ1v) is 5.19. The lowest BCUT2D eigenvalue weighted by Crippen LogP contribution is -2.12. The van der Waals surface area contributed by atoms with Gasteiger partial charge < -0.3 is 16.8 Å². The topological polar surface area (TPSA) is 81.1 Å². The molecule has 1 amide bonds. The van der Waals surface area contributed by atoms with Gasteiger partial charge in [-0.1, -0.05) is 12.2 Å². The highest BCUT2D eigenvalue weighted by molar-refractivity contribution is 5.94. The third kappa shape index (κ3) is 3.31. The molecule has 0 saturated heterocycles. The van der Waals surface area contributed by atoms with Crippen LogP contribution < -0.4 is 16.8 Å². The Hall–Kier alpha value is -1.97. The molecule has 1 rings (SSSR count). The number of rotatable bonds is 5. The number of hydrogen-bond acceptors (Lipinski definition) is 3. The molecule has 0 aliphatic rings. The molecule has 4 heteroatoms. The van der Waals surface area contributed by atoms with Crippen molar-refractivity contribution in [3.8, 4) is 0 Å². The number of allylic oxidation sites excluding steroid dienone is 1. The monoisotopic (exact) mass is 219 g/mol. The van der Waals surface area contributed by atoms with Gasteiger partial charge in [0.25, 0.3) is 0 Å². The van der Waals surface area contributed by atoms with Crippen molar-refractivity contribution in [1.82, 2.24) is 0 Å². The molecule has 1 aromatic carbocycles. The zero-order valence-electron chi connectivity index (χ0n) is 9.36. The molecule has 1 aromatic rings. The molecule has 0 fully saturated rings. The molecule has 0 aliphatic carbocycles. The van der Waals surface area contributed by atoms with Crippen molar-refractivity contribution in [3.05, 3.63) is 35.9 Å². The lowest BCUT2D eigenvalue weighted by Gasteiger charge is -2.09. The predicted molar refractivity (Wildman–Crippen MR) is 67.3 cm³/mol. The first-order chi connectivity index (χ1) is 7.65. The number of amides is 1. The molecule has 86 valence electrons. The quantitative estimate of drug-likeness (QED) is 0.401. The van der Waals surface area contributed by atoms with Crippen molar-refractivity contribution < 1.29 is 4.79 Å². The first kappa shape index (κ1) is 12.1. The van der Waals surface area contributed by atoms with Crippen LogP contribution in [0.5, 0.6) is 0 Å². The fourth-order valence-corrected chi connectivity index (χ4v) is 1.32. The average molecular weight is 219 g/mol. The Balaban J connectivity index is 2.70. The third-order valence-electron chi connectivity index (χ3n) is 2.20. The standard InChI is InChI=1S/C12H17N3O/c1-2-3-4-7-15-11-8-9(12(14)16)5-6-10(11)13/h2-3,5-6,8,15H,4,7,13H2,1H3,(H2,14,16)/b3-2+. The van der Waals surface area contributed by atoms with E-state index in [9.17, 15) is 4.79 Å². The lowest BCUT2D eigenvalue weighted by atomic mass is 10.1. The zero-order valence-corrected chi connectivity index (χ0v) is 9.36. The summed E-state index contributed by atoms with van der Waals surface area (Å²) in [5.41, 5.74) is 12.8. The van der Waals surface area contributed by atoms with Crippen LogP contribution in [-0.2, 0) is 0 Å². The summed E-state index contributed by atoms with van der Waals surface area (Å²) in [6.07, 6.45) is 4.96. The van der Waals surface area contributed by atoms with Crippen molar-refractivity contribution in [2.24, 2.45) is 5.73 Å². The summed E-state index contributed by atoms with van der Waals surface area (Å²) in [6, 6.07) is 4.97. The van der Waals surface area contributed by atoms with Gasteiger partial charge >= 0.3 is 0 Å². The highest BCUT2D eigenvalue weighted by Crippen LogP contribution is 2.19. The van der Waals surface area contributed by atoms with Gasteiger partial charge in [-0.2, -0.15) is 0 Å². The van der Waals surface area contributed by atoms with Gasteiger partial charge in [-0.25, -0.2) is 0 Å². The molecule has 0 aliphatic heterocycles. The molecule has 16 heavy (non-hydrogen) atoms. The fourth-order valence-electron chi connectivity index (χ4n) is 1.32. The summed E-state index contributed by atoms with van der Waals surface area (Å²) in [4.78, 5) is 11.0. The van der Waals surface area contributed by atoms with Gasteiger partial charge in [0.15, 0.2) is 0 Å². The maximum Gasteiger partial charge on any atom is 0.248 e. The molecule has 0 radical (unpaired) electrons. The molecular formula is C12H17N3O. The highest BCUT2D eigenvalue weighted by atomic mass is 16.1. The molecule has 0 bridgehead atoms.